The van der Waals surface area contributed by atoms with E-state index in [-0.39, 0.29) is 5.97 Å². The Kier molecular flexibility index (Phi) is 6.15. The molecule has 0 saturated heterocycles. The van der Waals surface area contributed by atoms with Crippen molar-refractivity contribution in [3.8, 4) is 5.75 Å². The summed E-state index contributed by atoms with van der Waals surface area (Å²) in [6.07, 6.45) is 4.57. The normalized spacial score (nSPS) is 10.9. The lowest BCUT2D eigenvalue weighted by molar-refractivity contribution is -0.137. The van der Waals surface area contributed by atoms with Gasteiger partial charge in [-0.05, 0) is 36.8 Å². The van der Waals surface area contributed by atoms with Crippen molar-refractivity contribution in [2.24, 2.45) is 5.16 Å². The zero-order valence-corrected chi connectivity index (χ0v) is 11.3. The maximum absolute atomic E-state index is 11.3. The van der Waals surface area contributed by atoms with E-state index < -0.39 is 0 Å². The molecule has 1 aromatic carbocycles. The highest BCUT2D eigenvalue weighted by Gasteiger charge is 2.02. The molecule has 0 aromatic heterocycles. The van der Waals surface area contributed by atoms with E-state index in [2.05, 4.69) is 9.99 Å². The number of nitrogens with zero attached hydrogens (tertiary/aromatic N) is 1. The molecule has 0 atom stereocenters. The van der Waals surface area contributed by atoms with Crippen LogP contribution in [-0.2, 0) is 14.4 Å². The van der Waals surface area contributed by atoms with Crippen molar-refractivity contribution in [3.63, 3.8) is 0 Å². The minimum absolute atomic E-state index is 0.347. The summed E-state index contributed by atoms with van der Waals surface area (Å²) in [5.74, 6) is 0.304. The van der Waals surface area contributed by atoms with Gasteiger partial charge in [0, 0.05) is 11.6 Å². The van der Waals surface area contributed by atoms with Crippen LogP contribution in [0.2, 0.25) is 0 Å². The second kappa shape index (κ2) is 7.92. The summed E-state index contributed by atoms with van der Waals surface area (Å²) >= 11 is 0. The third-order valence-electron chi connectivity index (χ3n) is 2.28. The van der Waals surface area contributed by atoms with Gasteiger partial charge >= 0.3 is 5.97 Å². The number of carbonyl (C=O) groups excluding carboxylic acids is 1. The number of ether oxygens (including phenoxy) is 2. The smallest absolute Gasteiger partial charge is 0.330 e. The lowest BCUT2D eigenvalue weighted by atomic mass is 10.1. The number of rotatable bonds is 6. The number of methoxy groups -OCH3 is 1. The average molecular weight is 263 g/mol. The van der Waals surface area contributed by atoms with E-state index in [1.165, 1.54) is 13.2 Å². The molecule has 102 valence electrons. The molecular formula is C14H17NO4. The zero-order chi connectivity index (χ0) is 14.1. The zero-order valence-electron chi connectivity index (χ0n) is 11.3. The standard InChI is InChI=1S/C14H17NO4/c1-4-19-14(16)8-6-11-9-13(17-2)7-5-12(11)10-15-18-3/h5-10H,4H2,1-3H3/b8-6+,15-10+. The van der Waals surface area contributed by atoms with Gasteiger partial charge in [-0.3, -0.25) is 0 Å². The molecule has 19 heavy (non-hydrogen) atoms. The molecule has 0 aliphatic rings. The van der Waals surface area contributed by atoms with Gasteiger partial charge in [0.05, 0.1) is 19.9 Å². The van der Waals surface area contributed by atoms with E-state index in [1.54, 1.807) is 38.5 Å². The van der Waals surface area contributed by atoms with Gasteiger partial charge in [-0.15, -0.1) is 0 Å². The van der Waals surface area contributed by atoms with Crippen LogP contribution in [0.1, 0.15) is 18.1 Å². The summed E-state index contributed by atoms with van der Waals surface area (Å²) in [4.78, 5) is 15.9. The summed E-state index contributed by atoms with van der Waals surface area (Å²) < 4.78 is 9.97. The monoisotopic (exact) mass is 263 g/mol. The predicted octanol–water partition coefficient (Wildman–Crippen LogP) is 2.25. The summed E-state index contributed by atoms with van der Waals surface area (Å²) in [5.41, 5.74) is 1.59. The molecule has 0 aliphatic heterocycles. The van der Waals surface area contributed by atoms with Gasteiger partial charge < -0.3 is 14.3 Å². The molecule has 1 aromatic rings. The first-order chi connectivity index (χ1) is 9.21. The molecule has 0 saturated carbocycles. The van der Waals surface area contributed by atoms with Gasteiger partial charge in [-0.2, -0.15) is 0 Å². The van der Waals surface area contributed by atoms with Crippen LogP contribution in [0.4, 0.5) is 0 Å². The van der Waals surface area contributed by atoms with E-state index in [0.29, 0.717) is 12.4 Å². The van der Waals surface area contributed by atoms with Crippen molar-refractivity contribution in [1.82, 2.24) is 0 Å². The van der Waals surface area contributed by atoms with Gasteiger partial charge in [0.2, 0.25) is 0 Å². The lowest BCUT2D eigenvalue weighted by Gasteiger charge is -2.04. The topological polar surface area (TPSA) is 57.1 Å². The second-order valence-corrected chi connectivity index (χ2v) is 3.50. The van der Waals surface area contributed by atoms with E-state index >= 15 is 0 Å². The maximum Gasteiger partial charge on any atom is 0.330 e. The van der Waals surface area contributed by atoms with E-state index in [0.717, 1.165) is 11.1 Å². The summed E-state index contributed by atoms with van der Waals surface area (Å²) in [6.45, 7) is 2.10. The molecule has 1 rings (SSSR count). The Morgan fingerprint density at radius 2 is 2.11 bits per heavy atom. The quantitative estimate of drug-likeness (QED) is 0.342. The molecule has 5 nitrogen and oxygen atoms in total. The van der Waals surface area contributed by atoms with Gasteiger partial charge in [-0.1, -0.05) is 5.16 Å². The maximum atomic E-state index is 11.3. The molecule has 0 spiro atoms. The number of carbonyl (C=O) groups is 1. The number of hydrogen-bond donors (Lipinski definition) is 0. The van der Waals surface area contributed by atoms with Crippen molar-refractivity contribution in [1.29, 1.82) is 0 Å². The Balaban J connectivity index is 3.00. The third-order valence-corrected chi connectivity index (χ3v) is 2.28. The fraction of sp³-hybridized carbons (Fsp3) is 0.286. The minimum atomic E-state index is -0.389. The summed E-state index contributed by atoms with van der Waals surface area (Å²) in [5, 5.41) is 3.71. The number of benzene rings is 1. The number of esters is 1. The molecule has 0 amide bonds. The third kappa shape index (κ3) is 4.83. The SMILES string of the molecule is CCOC(=O)/C=C/c1cc(OC)ccc1/C=N/OC. The molecule has 0 radical (unpaired) electrons. The Morgan fingerprint density at radius 3 is 2.74 bits per heavy atom. The van der Waals surface area contributed by atoms with Crippen LogP contribution in [0.25, 0.3) is 6.08 Å². The van der Waals surface area contributed by atoms with E-state index in [4.69, 9.17) is 9.47 Å². The highest BCUT2D eigenvalue weighted by Crippen LogP contribution is 2.18. The summed E-state index contributed by atoms with van der Waals surface area (Å²) in [6, 6.07) is 5.43. The molecule has 0 aliphatic carbocycles. The van der Waals surface area contributed by atoms with E-state index in [1.807, 2.05) is 6.07 Å². The second-order valence-electron chi connectivity index (χ2n) is 3.50. The van der Waals surface area contributed by atoms with Crippen molar-refractivity contribution >= 4 is 18.3 Å². The fourth-order valence-electron chi connectivity index (χ4n) is 1.40. The highest BCUT2D eigenvalue weighted by atomic mass is 16.6. The molecule has 0 fully saturated rings. The van der Waals surface area contributed by atoms with Crippen LogP contribution in [0.15, 0.2) is 29.4 Å². The molecule has 5 heteroatoms. The molecule has 0 unspecified atom stereocenters. The van der Waals surface area contributed by atoms with E-state index in [9.17, 15) is 4.79 Å². The van der Waals surface area contributed by atoms with Crippen molar-refractivity contribution < 1.29 is 19.1 Å². The molecule has 0 N–H and O–H groups in total. The first-order valence-electron chi connectivity index (χ1n) is 5.80. The molecule has 0 bridgehead atoms. The first-order valence-corrected chi connectivity index (χ1v) is 5.80. The number of hydrogen-bond acceptors (Lipinski definition) is 5. The van der Waals surface area contributed by atoms with Gasteiger partial charge in [-0.25, -0.2) is 4.79 Å². The summed E-state index contributed by atoms with van der Waals surface area (Å²) in [7, 11) is 3.05. The van der Waals surface area contributed by atoms with Crippen LogP contribution in [-0.4, -0.2) is 33.0 Å². The van der Waals surface area contributed by atoms with Crippen molar-refractivity contribution in [2.75, 3.05) is 20.8 Å². The Bertz CT molecular complexity index is 480. The fourth-order valence-corrected chi connectivity index (χ4v) is 1.40. The highest BCUT2D eigenvalue weighted by molar-refractivity contribution is 5.91. The molecule has 0 heterocycles. The Morgan fingerprint density at radius 1 is 1.32 bits per heavy atom. The van der Waals surface area contributed by atoms with Crippen molar-refractivity contribution in [3.05, 3.63) is 35.4 Å². The van der Waals surface area contributed by atoms with Crippen LogP contribution >= 0.6 is 0 Å². The van der Waals surface area contributed by atoms with Crippen LogP contribution in [0.3, 0.4) is 0 Å². The average Bonchev–Trinajstić information content (AvgIpc) is 2.43. The Hall–Kier alpha value is -2.30. The van der Waals surface area contributed by atoms with Crippen LogP contribution in [0, 0.1) is 0 Å². The van der Waals surface area contributed by atoms with Gasteiger partial charge in [0.1, 0.15) is 12.9 Å². The first kappa shape index (κ1) is 14.8. The predicted molar refractivity (Wildman–Crippen MR) is 73.3 cm³/mol. The van der Waals surface area contributed by atoms with Gasteiger partial charge in [0.15, 0.2) is 0 Å². The van der Waals surface area contributed by atoms with Crippen molar-refractivity contribution in [2.45, 2.75) is 6.92 Å². The van der Waals surface area contributed by atoms with Crippen LogP contribution < -0.4 is 4.74 Å². The lowest BCUT2D eigenvalue weighted by Crippen LogP contribution is -1.99. The largest absolute Gasteiger partial charge is 0.497 e. The van der Waals surface area contributed by atoms with Gasteiger partial charge in [0.25, 0.3) is 0 Å². The number of oxime groups is 1. The minimum Gasteiger partial charge on any atom is -0.497 e. The molecular weight excluding hydrogens is 246 g/mol. The van der Waals surface area contributed by atoms with Crippen LogP contribution in [0.5, 0.6) is 5.75 Å². The Labute approximate surface area is 112 Å².